The predicted molar refractivity (Wildman–Crippen MR) is 82.3 cm³/mol. The van der Waals surface area contributed by atoms with Gasteiger partial charge in [-0.1, -0.05) is 13.8 Å². The summed E-state index contributed by atoms with van der Waals surface area (Å²) in [6.45, 7) is 8.12. The van der Waals surface area contributed by atoms with Crippen LogP contribution in [0.4, 0.5) is 5.69 Å². The van der Waals surface area contributed by atoms with Crippen molar-refractivity contribution >= 4 is 22.9 Å². The van der Waals surface area contributed by atoms with Crippen molar-refractivity contribution in [3.8, 4) is 0 Å². The van der Waals surface area contributed by atoms with Gasteiger partial charge < -0.3 is 5.32 Å². The monoisotopic (exact) mass is 289 g/mol. The van der Waals surface area contributed by atoms with Crippen LogP contribution in [0, 0.1) is 19.8 Å². The molecule has 0 aromatic carbocycles. The fourth-order valence-electron chi connectivity index (χ4n) is 1.92. The van der Waals surface area contributed by atoms with Crippen LogP contribution >= 0.6 is 11.3 Å². The van der Waals surface area contributed by atoms with Crippen molar-refractivity contribution in [3.63, 3.8) is 0 Å². The molecule has 106 valence electrons. The zero-order valence-corrected chi connectivity index (χ0v) is 13.0. The number of aromatic nitrogens is 2. The van der Waals surface area contributed by atoms with Crippen molar-refractivity contribution in [1.29, 1.82) is 0 Å². The molecule has 0 bridgehead atoms. The first kappa shape index (κ1) is 14.7. The van der Waals surface area contributed by atoms with Gasteiger partial charge in [0.2, 0.25) is 0 Å². The van der Waals surface area contributed by atoms with Crippen LogP contribution < -0.4 is 5.32 Å². The molecule has 0 unspecified atom stereocenters. The summed E-state index contributed by atoms with van der Waals surface area (Å²) in [4.78, 5) is 20.8. The quantitative estimate of drug-likeness (QED) is 0.935. The SMILES string of the molecule is Cc1ccnc(C)c1NC(=O)c1csc(CC(C)C)n1. The average molecular weight is 289 g/mol. The van der Waals surface area contributed by atoms with E-state index in [1.165, 1.54) is 11.3 Å². The van der Waals surface area contributed by atoms with Gasteiger partial charge in [-0.3, -0.25) is 9.78 Å². The minimum Gasteiger partial charge on any atom is -0.319 e. The second-order valence-corrected chi connectivity index (χ2v) is 6.21. The van der Waals surface area contributed by atoms with Crippen LogP contribution in [-0.4, -0.2) is 15.9 Å². The molecule has 0 aliphatic rings. The molecule has 0 aliphatic heterocycles. The van der Waals surface area contributed by atoms with E-state index in [2.05, 4.69) is 29.1 Å². The molecule has 0 fully saturated rings. The van der Waals surface area contributed by atoms with Gasteiger partial charge in [0.1, 0.15) is 5.69 Å². The number of hydrogen-bond donors (Lipinski definition) is 1. The normalized spacial score (nSPS) is 10.8. The maximum Gasteiger partial charge on any atom is 0.275 e. The highest BCUT2D eigenvalue weighted by molar-refractivity contribution is 7.09. The van der Waals surface area contributed by atoms with Gasteiger partial charge >= 0.3 is 0 Å². The predicted octanol–water partition coefficient (Wildman–Crippen LogP) is 3.61. The van der Waals surface area contributed by atoms with E-state index in [9.17, 15) is 4.79 Å². The molecule has 4 nitrogen and oxygen atoms in total. The Morgan fingerprint density at radius 2 is 2.15 bits per heavy atom. The first-order valence-electron chi connectivity index (χ1n) is 6.65. The number of rotatable bonds is 4. The second-order valence-electron chi connectivity index (χ2n) is 5.27. The van der Waals surface area contributed by atoms with Crippen molar-refractivity contribution in [1.82, 2.24) is 9.97 Å². The minimum absolute atomic E-state index is 0.171. The molecule has 1 amide bonds. The zero-order chi connectivity index (χ0) is 14.7. The third-order valence-corrected chi connectivity index (χ3v) is 3.83. The Bertz CT molecular complexity index is 599. The van der Waals surface area contributed by atoms with Crippen molar-refractivity contribution in [2.24, 2.45) is 5.92 Å². The van der Waals surface area contributed by atoms with Gasteiger partial charge in [-0.15, -0.1) is 11.3 Å². The van der Waals surface area contributed by atoms with Gasteiger partial charge in [0, 0.05) is 18.0 Å². The molecule has 0 saturated heterocycles. The average Bonchev–Trinajstić information content (AvgIpc) is 2.81. The molecule has 20 heavy (non-hydrogen) atoms. The lowest BCUT2D eigenvalue weighted by atomic mass is 10.1. The molecule has 2 aromatic rings. The maximum atomic E-state index is 12.2. The van der Waals surface area contributed by atoms with Crippen LogP contribution in [0.3, 0.4) is 0 Å². The Morgan fingerprint density at radius 1 is 1.40 bits per heavy atom. The molecule has 2 heterocycles. The third-order valence-electron chi connectivity index (χ3n) is 2.95. The summed E-state index contributed by atoms with van der Waals surface area (Å²) < 4.78 is 0. The lowest BCUT2D eigenvalue weighted by molar-refractivity contribution is 0.102. The molecule has 0 spiro atoms. The van der Waals surface area contributed by atoms with Crippen molar-refractivity contribution in [3.05, 3.63) is 39.6 Å². The summed E-state index contributed by atoms with van der Waals surface area (Å²) in [5.41, 5.74) is 3.07. The van der Waals surface area contributed by atoms with Crippen LogP contribution in [0.25, 0.3) is 0 Å². The lowest BCUT2D eigenvalue weighted by Crippen LogP contribution is -2.14. The molecule has 1 N–H and O–H groups in total. The highest BCUT2D eigenvalue weighted by Crippen LogP contribution is 2.19. The van der Waals surface area contributed by atoms with E-state index < -0.39 is 0 Å². The number of thiazole rings is 1. The third kappa shape index (κ3) is 3.42. The zero-order valence-electron chi connectivity index (χ0n) is 12.2. The van der Waals surface area contributed by atoms with Gasteiger partial charge in [-0.2, -0.15) is 0 Å². The van der Waals surface area contributed by atoms with E-state index in [0.717, 1.165) is 28.4 Å². The van der Waals surface area contributed by atoms with Gasteiger partial charge in [-0.05, 0) is 31.4 Å². The Balaban J connectivity index is 2.14. The van der Waals surface area contributed by atoms with Crippen molar-refractivity contribution < 1.29 is 4.79 Å². The Morgan fingerprint density at radius 3 is 2.80 bits per heavy atom. The van der Waals surface area contributed by atoms with E-state index in [0.29, 0.717) is 11.6 Å². The second kappa shape index (κ2) is 6.13. The Kier molecular flexibility index (Phi) is 4.49. The summed E-state index contributed by atoms with van der Waals surface area (Å²) in [5, 5.41) is 5.72. The largest absolute Gasteiger partial charge is 0.319 e. The molecule has 2 aromatic heterocycles. The highest BCUT2D eigenvalue weighted by atomic mass is 32.1. The molecule has 0 saturated carbocycles. The maximum absolute atomic E-state index is 12.2. The number of anilines is 1. The van der Waals surface area contributed by atoms with Crippen molar-refractivity contribution in [2.75, 3.05) is 5.32 Å². The molecule has 0 radical (unpaired) electrons. The smallest absolute Gasteiger partial charge is 0.275 e. The Hall–Kier alpha value is -1.75. The minimum atomic E-state index is -0.171. The number of pyridine rings is 1. The lowest BCUT2D eigenvalue weighted by Gasteiger charge is -2.09. The molecule has 0 atom stereocenters. The first-order valence-corrected chi connectivity index (χ1v) is 7.53. The van der Waals surface area contributed by atoms with Gasteiger partial charge in [-0.25, -0.2) is 4.98 Å². The fraction of sp³-hybridized carbons (Fsp3) is 0.400. The summed E-state index contributed by atoms with van der Waals surface area (Å²) in [6.07, 6.45) is 2.65. The summed E-state index contributed by atoms with van der Waals surface area (Å²) in [5.74, 6) is 0.371. The first-order chi connectivity index (χ1) is 9.47. The van der Waals surface area contributed by atoms with E-state index in [-0.39, 0.29) is 5.91 Å². The van der Waals surface area contributed by atoms with E-state index in [1.54, 1.807) is 6.20 Å². The van der Waals surface area contributed by atoms with Crippen molar-refractivity contribution in [2.45, 2.75) is 34.1 Å². The number of nitrogens with zero attached hydrogens (tertiary/aromatic N) is 2. The molecule has 2 rings (SSSR count). The van der Waals surface area contributed by atoms with Gasteiger partial charge in [0.05, 0.1) is 16.4 Å². The fourth-order valence-corrected chi connectivity index (χ4v) is 2.91. The van der Waals surface area contributed by atoms with Gasteiger partial charge in [0.15, 0.2) is 0 Å². The van der Waals surface area contributed by atoms with Crippen LogP contribution in [0.1, 0.15) is 40.6 Å². The van der Waals surface area contributed by atoms with Gasteiger partial charge in [0.25, 0.3) is 5.91 Å². The number of amides is 1. The topological polar surface area (TPSA) is 54.9 Å². The summed E-state index contributed by atoms with van der Waals surface area (Å²) in [6, 6.07) is 1.88. The number of carbonyl (C=O) groups is 1. The summed E-state index contributed by atoms with van der Waals surface area (Å²) in [7, 11) is 0. The molecule has 0 aliphatic carbocycles. The van der Waals surface area contributed by atoms with Crippen LogP contribution in [-0.2, 0) is 6.42 Å². The number of nitrogens with one attached hydrogen (secondary N) is 1. The number of hydrogen-bond acceptors (Lipinski definition) is 4. The molecular weight excluding hydrogens is 270 g/mol. The number of carbonyl (C=O) groups excluding carboxylic acids is 1. The molecular formula is C15H19N3OS. The highest BCUT2D eigenvalue weighted by Gasteiger charge is 2.14. The van der Waals surface area contributed by atoms with E-state index in [1.807, 2.05) is 25.3 Å². The summed E-state index contributed by atoms with van der Waals surface area (Å²) >= 11 is 1.54. The number of aryl methyl sites for hydroxylation is 2. The van der Waals surface area contributed by atoms with E-state index >= 15 is 0 Å². The van der Waals surface area contributed by atoms with Crippen LogP contribution in [0.15, 0.2) is 17.6 Å². The standard InChI is InChI=1S/C15H19N3OS/c1-9(2)7-13-17-12(8-20-13)15(19)18-14-10(3)5-6-16-11(14)4/h5-6,8-9H,7H2,1-4H3,(H,18,19). The van der Waals surface area contributed by atoms with Crippen LogP contribution in [0.5, 0.6) is 0 Å². The molecule has 5 heteroatoms. The van der Waals surface area contributed by atoms with E-state index in [4.69, 9.17) is 0 Å². The van der Waals surface area contributed by atoms with Crippen LogP contribution in [0.2, 0.25) is 0 Å². The Labute approximate surface area is 123 Å².